The van der Waals surface area contributed by atoms with Gasteiger partial charge in [0.25, 0.3) is 0 Å². The molecule has 0 aliphatic rings. The van der Waals surface area contributed by atoms with Gasteiger partial charge in [0.2, 0.25) is 23.1 Å². The molecule has 0 aromatic carbocycles. The quantitative estimate of drug-likeness (QED) is 0.809. The van der Waals surface area contributed by atoms with Crippen LogP contribution in [-0.4, -0.2) is 31.6 Å². The van der Waals surface area contributed by atoms with Crippen molar-refractivity contribution in [2.45, 2.75) is 13.3 Å². The van der Waals surface area contributed by atoms with Gasteiger partial charge in [-0.15, -0.1) is 0 Å². The van der Waals surface area contributed by atoms with Crippen molar-refractivity contribution in [3.63, 3.8) is 0 Å². The molecule has 0 bridgehead atoms. The molecule has 0 aliphatic heterocycles. The highest BCUT2D eigenvalue weighted by molar-refractivity contribution is 6.28. The summed E-state index contributed by atoms with van der Waals surface area (Å²) in [4.78, 5) is 15.4. The standard InChI is InChI=1S/C8H10ClN7O/c1-4-12-5(16-17-4)2-3-11-8-14-6(9)13-7(10)15-8/h2-3H2,1H3,(H3,10,11,13,14,15). The fourth-order valence-corrected chi connectivity index (χ4v) is 1.34. The number of nitrogen functional groups attached to an aromatic ring is 1. The van der Waals surface area contributed by atoms with E-state index >= 15 is 0 Å². The van der Waals surface area contributed by atoms with E-state index in [4.69, 9.17) is 21.9 Å². The Morgan fingerprint density at radius 2 is 2.12 bits per heavy atom. The van der Waals surface area contributed by atoms with Gasteiger partial charge in [-0.05, 0) is 11.6 Å². The summed E-state index contributed by atoms with van der Waals surface area (Å²) in [6.07, 6.45) is 0.584. The largest absolute Gasteiger partial charge is 0.368 e. The van der Waals surface area contributed by atoms with E-state index < -0.39 is 0 Å². The van der Waals surface area contributed by atoms with Crippen LogP contribution in [0.2, 0.25) is 5.28 Å². The van der Waals surface area contributed by atoms with E-state index in [0.717, 1.165) is 0 Å². The Morgan fingerprint density at radius 3 is 2.76 bits per heavy atom. The van der Waals surface area contributed by atoms with E-state index in [1.165, 1.54) is 0 Å². The molecule has 9 heteroatoms. The van der Waals surface area contributed by atoms with E-state index in [1.807, 2.05) is 0 Å². The van der Waals surface area contributed by atoms with Crippen LogP contribution in [0.1, 0.15) is 11.7 Å². The van der Waals surface area contributed by atoms with Gasteiger partial charge in [-0.25, -0.2) is 0 Å². The maximum Gasteiger partial charge on any atom is 0.228 e. The van der Waals surface area contributed by atoms with Crippen molar-refractivity contribution in [1.82, 2.24) is 25.1 Å². The van der Waals surface area contributed by atoms with Gasteiger partial charge in [-0.3, -0.25) is 0 Å². The number of hydrogen-bond donors (Lipinski definition) is 2. The number of rotatable bonds is 4. The lowest BCUT2D eigenvalue weighted by Gasteiger charge is -2.02. The molecule has 0 unspecified atom stereocenters. The minimum absolute atomic E-state index is 0.0513. The normalized spacial score (nSPS) is 10.5. The molecule has 2 rings (SSSR count). The highest BCUT2D eigenvalue weighted by Gasteiger charge is 2.04. The van der Waals surface area contributed by atoms with Gasteiger partial charge in [-0.1, -0.05) is 5.16 Å². The summed E-state index contributed by atoms with van der Waals surface area (Å²) in [5, 5.41) is 6.74. The summed E-state index contributed by atoms with van der Waals surface area (Å²) in [5.41, 5.74) is 5.42. The van der Waals surface area contributed by atoms with Crippen LogP contribution >= 0.6 is 11.6 Å². The molecule has 0 atom stereocenters. The number of nitrogens with zero attached hydrogens (tertiary/aromatic N) is 5. The lowest BCUT2D eigenvalue weighted by molar-refractivity contribution is 0.387. The molecule has 2 aromatic heterocycles. The first-order valence-electron chi connectivity index (χ1n) is 4.83. The van der Waals surface area contributed by atoms with Gasteiger partial charge >= 0.3 is 0 Å². The van der Waals surface area contributed by atoms with E-state index in [9.17, 15) is 0 Å². The zero-order valence-corrected chi connectivity index (χ0v) is 9.77. The number of aryl methyl sites for hydroxylation is 1. The highest BCUT2D eigenvalue weighted by atomic mass is 35.5. The first-order valence-corrected chi connectivity index (χ1v) is 5.21. The average Bonchev–Trinajstić information content (AvgIpc) is 2.63. The van der Waals surface area contributed by atoms with Crippen LogP contribution in [0.4, 0.5) is 11.9 Å². The molecule has 8 nitrogen and oxygen atoms in total. The molecule has 2 heterocycles. The van der Waals surface area contributed by atoms with Crippen LogP contribution < -0.4 is 11.1 Å². The van der Waals surface area contributed by atoms with Crippen molar-refractivity contribution in [2.75, 3.05) is 17.6 Å². The molecular weight excluding hydrogens is 246 g/mol. The predicted octanol–water partition coefficient (Wildman–Crippen LogP) is 0.453. The molecular formula is C8H10ClN7O. The van der Waals surface area contributed by atoms with Crippen molar-refractivity contribution in [3.05, 3.63) is 17.0 Å². The highest BCUT2D eigenvalue weighted by Crippen LogP contribution is 2.06. The van der Waals surface area contributed by atoms with Crippen LogP contribution in [0, 0.1) is 6.92 Å². The first-order chi connectivity index (χ1) is 8.13. The Kier molecular flexibility index (Phi) is 3.33. The Labute approximate surface area is 102 Å². The lowest BCUT2D eigenvalue weighted by atomic mass is 10.4. The molecule has 2 aromatic rings. The molecule has 0 spiro atoms. The van der Waals surface area contributed by atoms with Crippen LogP contribution in [0.25, 0.3) is 0 Å². The zero-order chi connectivity index (χ0) is 12.3. The van der Waals surface area contributed by atoms with Crippen molar-refractivity contribution in [1.29, 1.82) is 0 Å². The number of aromatic nitrogens is 5. The number of hydrogen-bond acceptors (Lipinski definition) is 8. The molecule has 0 saturated heterocycles. The van der Waals surface area contributed by atoms with Crippen LogP contribution in [0.3, 0.4) is 0 Å². The fraction of sp³-hybridized carbons (Fsp3) is 0.375. The second-order valence-electron chi connectivity index (χ2n) is 3.19. The van der Waals surface area contributed by atoms with Crippen LogP contribution in [0.15, 0.2) is 4.52 Å². The topological polar surface area (TPSA) is 116 Å². The fourth-order valence-electron chi connectivity index (χ4n) is 1.17. The van der Waals surface area contributed by atoms with Crippen LogP contribution in [0.5, 0.6) is 0 Å². The van der Waals surface area contributed by atoms with Gasteiger partial charge in [0.1, 0.15) is 0 Å². The minimum atomic E-state index is 0.0513. The Balaban J connectivity index is 1.89. The molecule has 0 radical (unpaired) electrons. The van der Waals surface area contributed by atoms with Crippen molar-refractivity contribution in [2.24, 2.45) is 0 Å². The number of halogens is 1. The molecule has 0 aliphatic carbocycles. The molecule has 0 amide bonds. The monoisotopic (exact) mass is 255 g/mol. The summed E-state index contributed by atoms with van der Waals surface area (Å²) in [6.45, 7) is 2.27. The van der Waals surface area contributed by atoms with Gasteiger partial charge < -0.3 is 15.6 Å². The Morgan fingerprint density at radius 1 is 1.29 bits per heavy atom. The third-order valence-electron chi connectivity index (χ3n) is 1.83. The number of nitrogens with two attached hydrogens (primary N) is 1. The second kappa shape index (κ2) is 4.91. The average molecular weight is 256 g/mol. The number of anilines is 2. The third-order valence-corrected chi connectivity index (χ3v) is 2.00. The van der Waals surface area contributed by atoms with E-state index in [0.29, 0.717) is 30.6 Å². The van der Waals surface area contributed by atoms with E-state index in [1.54, 1.807) is 6.92 Å². The Bertz CT molecular complexity index is 494. The second-order valence-corrected chi connectivity index (χ2v) is 3.53. The molecule has 3 N–H and O–H groups in total. The summed E-state index contributed by atoms with van der Waals surface area (Å²) in [5.74, 6) is 1.54. The maximum atomic E-state index is 5.63. The molecule has 0 fully saturated rings. The van der Waals surface area contributed by atoms with E-state index in [-0.39, 0.29) is 11.2 Å². The lowest BCUT2D eigenvalue weighted by Crippen LogP contribution is -2.10. The smallest absolute Gasteiger partial charge is 0.228 e. The zero-order valence-electron chi connectivity index (χ0n) is 9.01. The molecule has 90 valence electrons. The minimum Gasteiger partial charge on any atom is -0.368 e. The SMILES string of the molecule is Cc1nc(CCNc2nc(N)nc(Cl)n2)no1. The molecule has 0 saturated carbocycles. The van der Waals surface area contributed by atoms with Crippen LogP contribution in [-0.2, 0) is 6.42 Å². The van der Waals surface area contributed by atoms with Crippen molar-refractivity contribution in [3.8, 4) is 0 Å². The van der Waals surface area contributed by atoms with Crippen molar-refractivity contribution >= 4 is 23.5 Å². The number of nitrogens with one attached hydrogen (secondary N) is 1. The summed E-state index contributed by atoms with van der Waals surface area (Å²) < 4.78 is 4.83. The summed E-state index contributed by atoms with van der Waals surface area (Å²) in [7, 11) is 0. The van der Waals surface area contributed by atoms with Crippen molar-refractivity contribution < 1.29 is 4.52 Å². The first kappa shape index (κ1) is 11.5. The molecule has 17 heavy (non-hydrogen) atoms. The van der Waals surface area contributed by atoms with Gasteiger partial charge in [0.05, 0.1) is 0 Å². The van der Waals surface area contributed by atoms with Gasteiger partial charge in [0.15, 0.2) is 5.82 Å². The predicted molar refractivity (Wildman–Crippen MR) is 60.5 cm³/mol. The third kappa shape index (κ3) is 3.25. The van der Waals surface area contributed by atoms with Gasteiger partial charge in [-0.2, -0.15) is 19.9 Å². The van der Waals surface area contributed by atoms with Gasteiger partial charge in [0, 0.05) is 19.9 Å². The summed E-state index contributed by atoms with van der Waals surface area (Å²) in [6, 6.07) is 0. The summed E-state index contributed by atoms with van der Waals surface area (Å²) >= 11 is 5.63. The maximum absolute atomic E-state index is 5.63. The van der Waals surface area contributed by atoms with E-state index in [2.05, 4.69) is 30.4 Å². The Hall–Kier alpha value is -1.96.